The monoisotopic (exact) mass is 500 g/mol. The van der Waals surface area contributed by atoms with Gasteiger partial charge in [0.25, 0.3) is 0 Å². The van der Waals surface area contributed by atoms with Crippen molar-refractivity contribution in [2.24, 2.45) is 0 Å². The number of anilines is 1. The number of unbranched alkanes of at least 4 members (excludes halogenated alkanes) is 13. The van der Waals surface area contributed by atoms with Gasteiger partial charge >= 0.3 is 0 Å². The lowest BCUT2D eigenvalue weighted by Crippen LogP contribution is -2.30. The Balaban J connectivity index is 1.80. The first-order valence-corrected chi connectivity index (χ1v) is 12.6. The highest BCUT2D eigenvalue weighted by Gasteiger charge is 2.00. The van der Waals surface area contributed by atoms with Crippen LogP contribution in [-0.4, -0.2) is 19.0 Å². The van der Waals surface area contributed by atoms with Crippen LogP contribution < -0.4 is 10.6 Å². The van der Waals surface area contributed by atoms with Crippen LogP contribution in [0.1, 0.15) is 96.8 Å². The van der Waals surface area contributed by atoms with E-state index in [1.165, 1.54) is 87.0 Å². The second-order valence-electron chi connectivity index (χ2n) is 7.81. The molecule has 28 heavy (non-hydrogen) atoms. The molecule has 1 aromatic carbocycles. The minimum Gasteiger partial charge on any atom is -0.376 e. The van der Waals surface area contributed by atoms with Crippen molar-refractivity contribution >= 4 is 34.2 Å². The van der Waals surface area contributed by atoms with Gasteiger partial charge in [0.15, 0.2) is 0 Å². The van der Waals surface area contributed by atoms with Gasteiger partial charge in [0.05, 0.1) is 6.54 Å². The molecular formula is C24H41IN2O. The van der Waals surface area contributed by atoms with E-state index in [1.807, 2.05) is 24.3 Å². The number of amides is 1. The SMILES string of the molecule is CCCCCCCCCCCCCCCCNC(=O)CNc1ccc(I)cc1. The second kappa shape index (κ2) is 18.3. The number of rotatable bonds is 18. The third kappa shape index (κ3) is 15.2. The Kier molecular flexibility index (Phi) is 16.5. The average Bonchev–Trinajstić information content (AvgIpc) is 2.70. The largest absolute Gasteiger partial charge is 0.376 e. The minimum atomic E-state index is 0.0771. The molecule has 2 N–H and O–H groups in total. The molecule has 0 spiro atoms. The second-order valence-corrected chi connectivity index (χ2v) is 9.05. The first-order valence-electron chi connectivity index (χ1n) is 11.5. The molecule has 160 valence electrons. The molecule has 0 atom stereocenters. The lowest BCUT2D eigenvalue weighted by molar-refractivity contribution is -0.119. The van der Waals surface area contributed by atoms with Crippen LogP contribution >= 0.6 is 22.6 Å². The molecule has 0 aromatic heterocycles. The third-order valence-corrected chi connectivity index (χ3v) is 5.87. The van der Waals surface area contributed by atoms with Gasteiger partial charge in [-0.3, -0.25) is 4.79 Å². The standard InChI is InChI=1S/C24H41IN2O/c1-2-3-4-5-6-7-8-9-10-11-12-13-14-15-20-26-24(28)21-27-23-18-16-22(25)17-19-23/h16-19,27H,2-15,20-21H2,1H3,(H,26,28). The van der Waals surface area contributed by atoms with E-state index >= 15 is 0 Å². The lowest BCUT2D eigenvalue weighted by Gasteiger charge is -2.08. The third-order valence-electron chi connectivity index (χ3n) is 5.15. The fourth-order valence-electron chi connectivity index (χ4n) is 3.36. The summed E-state index contributed by atoms with van der Waals surface area (Å²) in [7, 11) is 0. The van der Waals surface area contributed by atoms with Crippen LogP contribution in [0, 0.1) is 3.57 Å². The quantitative estimate of drug-likeness (QED) is 0.164. The van der Waals surface area contributed by atoms with Crippen molar-refractivity contribution in [1.82, 2.24) is 5.32 Å². The highest BCUT2D eigenvalue weighted by atomic mass is 127. The van der Waals surface area contributed by atoms with Gasteiger partial charge in [-0.2, -0.15) is 0 Å². The van der Waals surface area contributed by atoms with E-state index < -0.39 is 0 Å². The molecule has 1 aromatic rings. The van der Waals surface area contributed by atoms with Crippen molar-refractivity contribution < 1.29 is 4.79 Å². The maximum atomic E-state index is 11.8. The predicted molar refractivity (Wildman–Crippen MR) is 131 cm³/mol. The van der Waals surface area contributed by atoms with Crippen molar-refractivity contribution in [3.8, 4) is 0 Å². The molecule has 0 unspecified atom stereocenters. The zero-order valence-electron chi connectivity index (χ0n) is 17.9. The first kappa shape index (κ1) is 25.3. The number of halogens is 1. The zero-order chi connectivity index (χ0) is 20.3. The topological polar surface area (TPSA) is 41.1 Å². The molecule has 0 heterocycles. The molecular weight excluding hydrogens is 459 g/mol. The van der Waals surface area contributed by atoms with Crippen LogP contribution in [0.25, 0.3) is 0 Å². The molecule has 1 rings (SSSR count). The van der Waals surface area contributed by atoms with Crippen molar-refractivity contribution in [3.63, 3.8) is 0 Å². The number of hydrogen-bond donors (Lipinski definition) is 2. The summed E-state index contributed by atoms with van der Waals surface area (Å²) in [4.78, 5) is 11.8. The molecule has 0 aliphatic carbocycles. The highest BCUT2D eigenvalue weighted by Crippen LogP contribution is 2.13. The maximum absolute atomic E-state index is 11.8. The first-order chi connectivity index (χ1) is 13.7. The summed E-state index contributed by atoms with van der Waals surface area (Å²) in [5.41, 5.74) is 0.993. The Hall–Kier alpha value is -0.780. The van der Waals surface area contributed by atoms with E-state index in [2.05, 4.69) is 40.1 Å². The highest BCUT2D eigenvalue weighted by molar-refractivity contribution is 14.1. The Morgan fingerprint density at radius 2 is 1.21 bits per heavy atom. The fourth-order valence-corrected chi connectivity index (χ4v) is 3.72. The van der Waals surface area contributed by atoms with Gasteiger partial charge in [-0.25, -0.2) is 0 Å². The number of carbonyl (C=O) groups excluding carboxylic acids is 1. The van der Waals surface area contributed by atoms with E-state index in [1.54, 1.807) is 0 Å². The van der Waals surface area contributed by atoms with Gasteiger partial charge in [-0.15, -0.1) is 0 Å². The predicted octanol–water partition coefficient (Wildman–Crippen LogP) is 7.30. The van der Waals surface area contributed by atoms with Crippen molar-refractivity contribution in [2.75, 3.05) is 18.4 Å². The van der Waals surface area contributed by atoms with Crippen LogP contribution in [0.3, 0.4) is 0 Å². The van der Waals surface area contributed by atoms with E-state index in [0.717, 1.165) is 18.7 Å². The van der Waals surface area contributed by atoms with E-state index in [4.69, 9.17) is 0 Å². The van der Waals surface area contributed by atoms with Crippen molar-refractivity contribution in [2.45, 2.75) is 96.8 Å². The Labute approximate surface area is 187 Å². The number of carbonyl (C=O) groups is 1. The van der Waals surface area contributed by atoms with E-state index in [9.17, 15) is 4.79 Å². The Morgan fingerprint density at radius 3 is 1.71 bits per heavy atom. The normalized spacial score (nSPS) is 10.8. The summed E-state index contributed by atoms with van der Waals surface area (Å²) in [5.74, 6) is 0.0771. The number of nitrogens with one attached hydrogen (secondary N) is 2. The molecule has 0 saturated heterocycles. The molecule has 0 bridgehead atoms. The van der Waals surface area contributed by atoms with Crippen LogP contribution in [0.15, 0.2) is 24.3 Å². The fraction of sp³-hybridized carbons (Fsp3) is 0.708. The summed E-state index contributed by atoms with van der Waals surface area (Å²) in [6.07, 6.45) is 19.1. The van der Waals surface area contributed by atoms with Gasteiger partial charge in [0.1, 0.15) is 0 Å². The summed E-state index contributed by atoms with van der Waals surface area (Å²) < 4.78 is 1.20. The molecule has 0 aliphatic rings. The van der Waals surface area contributed by atoms with Crippen LogP contribution in [-0.2, 0) is 4.79 Å². The zero-order valence-corrected chi connectivity index (χ0v) is 20.1. The lowest BCUT2D eigenvalue weighted by atomic mass is 10.0. The minimum absolute atomic E-state index is 0.0771. The van der Waals surface area contributed by atoms with Gasteiger partial charge in [-0.1, -0.05) is 90.4 Å². The number of hydrogen-bond acceptors (Lipinski definition) is 2. The Bertz CT molecular complexity index is 490. The van der Waals surface area contributed by atoms with E-state index in [0.29, 0.717) is 6.54 Å². The van der Waals surface area contributed by atoms with Crippen molar-refractivity contribution in [3.05, 3.63) is 27.8 Å². The van der Waals surface area contributed by atoms with Gasteiger partial charge in [-0.05, 0) is 53.3 Å². The van der Waals surface area contributed by atoms with Gasteiger partial charge in [0, 0.05) is 15.8 Å². The summed E-state index contributed by atoms with van der Waals surface area (Å²) in [6.45, 7) is 3.42. The molecule has 0 radical (unpaired) electrons. The smallest absolute Gasteiger partial charge is 0.239 e. The average molecular weight is 501 g/mol. The molecule has 4 heteroatoms. The molecule has 0 fully saturated rings. The van der Waals surface area contributed by atoms with Crippen LogP contribution in [0.4, 0.5) is 5.69 Å². The molecule has 0 aliphatic heterocycles. The number of benzene rings is 1. The van der Waals surface area contributed by atoms with Crippen LogP contribution in [0.5, 0.6) is 0 Å². The van der Waals surface area contributed by atoms with Gasteiger partial charge in [0.2, 0.25) is 5.91 Å². The summed E-state index contributed by atoms with van der Waals surface area (Å²) in [6, 6.07) is 8.08. The van der Waals surface area contributed by atoms with Crippen LogP contribution in [0.2, 0.25) is 0 Å². The van der Waals surface area contributed by atoms with Gasteiger partial charge < -0.3 is 10.6 Å². The summed E-state index contributed by atoms with van der Waals surface area (Å²) in [5, 5.41) is 6.16. The molecule has 0 saturated carbocycles. The van der Waals surface area contributed by atoms with Crippen molar-refractivity contribution in [1.29, 1.82) is 0 Å². The summed E-state index contributed by atoms with van der Waals surface area (Å²) >= 11 is 2.28. The molecule has 3 nitrogen and oxygen atoms in total. The Morgan fingerprint density at radius 1 is 0.750 bits per heavy atom. The maximum Gasteiger partial charge on any atom is 0.239 e. The van der Waals surface area contributed by atoms with E-state index in [-0.39, 0.29) is 5.91 Å². The molecule has 1 amide bonds.